The summed E-state index contributed by atoms with van der Waals surface area (Å²) in [6.45, 7) is 3.76. The minimum absolute atomic E-state index is 0.156. The van der Waals surface area contributed by atoms with Gasteiger partial charge in [-0.2, -0.15) is 0 Å². The minimum atomic E-state index is 0.156. The number of ether oxygens (including phenoxy) is 1. The average Bonchev–Trinajstić information content (AvgIpc) is 2.37. The molecule has 0 aromatic carbocycles. The summed E-state index contributed by atoms with van der Waals surface area (Å²) < 4.78 is 5.69. The van der Waals surface area contributed by atoms with E-state index in [4.69, 9.17) is 4.74 Å². The maximum absolute atomic E-state index is 11.2. The van der Waals surface area contributed by atoms with E-state index < -0.39 is 0 Å². The van der Waals surface area contributed by atoms with Crippen molar-refractivity contribution < 1.29 is 9.53 Å². The molecule has 12 heavy (non-hydrogen) atoms. The number of carbonyl (C=O) groups is 1. The van der Waals surface area contributed by atoms with E-state index in [1.54, 1.807) is 6.92 Å². The molecule has 0 amide bonds. The summed E-state index contributed by atoms with van der Waals surface area (Å²) in [5.74, 6) is 0.439. The van der Waals surface area contributed by atoms with Gasteiger partial charge in [-0.3, -0.25) is 4.79 Å². The number of carbonyl (C=O) groups excluding carboxylic acids is 1. The van der Waals surface area contributed by atoms with Crippen molar-refractivity contribution in [2.75, 3.05) is 0 Å². The maximum atomic E-state index is 11.2. The lowest BCUT2D eigenvalue weighted by molar-refractivity contribution is -0.122. The fourth-order valence-electron chi connectivity index (χ4n) is 2.12. The molecule has 0 aromatic heterocycles. The van der Waals surface area contributed by atoms with Crippen LogP contribution < -0.4 is 0 Å². The fraction of sp³-hybridized carbons (Fsp3) is 0.700. The number of rotatable bonds is 1. The van der Waals surface area contributed by atoms with Crippen molar-refractivity contribution in [3.63, 3.8) is 0 Å². The summed E-state index contributed by atoms with van der Waals surface area (Å²) >= 11 is 0. The first-order valence-corrected chi connectivity index (χ1v) is 4.51. The molecular formula is C10H14O2. The van der Waals surface area contributed by atoms with E-state index in [0.29, 0.717) is 0 Å². The molecule has 0 aliphatic carbocycles. The maximum Gasteiger partial charge on any atom is 0.135 e. The van der Waals surface area contributed by atoms with Gasteiger partial charge in [-0.25, -0.2) is 0 Å². The zero-order chi connectivity index (χ0) is 8.72. The first-order chi connectivity index (χ1) is 5.68. The Morgan fingerprint density at radius 2 is 2.42 bits per heavy atom. The lowest BCUT2D eigenvalue weighted by Gasteiger charge is -2.19. The number of hydrogen-bond acceptors (Lipinski definition) is 2. The third kappa shape index (κ3) is 1.11. The van der Waals surface area contributed by atoms with Gasteiger partial charge in [-0.05, 0) is 32.3 Å². The van der Waals surface area contributed by atoms with Gasteiger partial charge in [0.25, 0.3) is 0 Å². The van der Waals surface area contributed by atoms with Crippen molar-refractivity contribution in [2.45, 2.75) is 38.9 Å². The van der Waals surface area contributed by atoms with Gasteiger partial charge < -0.3 is 4.74 Å². The van der Waals surface area contributed by atoms with Crippen LogP contribution in [0, 0.1) is 5.92 Å². The van der Waals surface area contributed by atoms with Crippen molar-refractivity contribution in [1.29, 1.82) is 0 Å². The first-order valence-electron chi connectivity index (χ1n) is 4.51. The number of hydrogen-bond donors (Lipinski definition) is 0. The van der Waals surface area contributed by atoms with Gasteiger partial charge in [-0.1, -0.05) is 6.08 Å². The molecule has 2 aliphatic rings. The molecule has 2 nitrogen and oxygen atoms in total. The summed E-state index contributed by atoms with van der Waals surface area (Å²) in [4.78, 5) is 11.2. The zero-order valence-electron chi connectivity index (χ0n) is 7.54. The van der Waals surface area contributed by atoms with Crippen LogP contribution in [0.5, 0.6) is 0 Å². The average molecular weight is 166 g/mol. The number of fused-ring (bicyclic) bond motifs is 2. The summed E-state index contributed by atoms with van der Waals surface area (Å²) in [5, 5.41) is 0. The normalized spacial score (nSPS) is 39.5. The first kappa shape index (κ1) is 7.99. The van der Waals surface area contributed by atoms with Gasteiger partial charge >= 0.3 is 0 Å². The van der Waals surface area contributed by atoms with Gasteiger partial charge in [0.15, 0.2) is 0 Å². The van der Waals surface area contributed by atoms with Crippen molar-refractivity contribution >= 4 is 5.78 Å². The van der Waals surface area contributed by atoms with E-state index in [9.17, 15) is 4.79 Å². The van der Waals surface area contributed by atoms with Crippen LogP contribution in [0.4, 0.5) is 0 Å². The van der Waals surface area contributed by atoms with Crippen LogP contribution in [0.2, 0.25) is 0 Å². The Bertz CT molecular complexity index is 242. The Hall–Kier alpha value is -0.630. The third-order valence-electron chi connectivity index (χ3n) is 2.96. The second-order valence-corrected chi connectivity index (χ2v) is 3.80. The highest BCUT2D eigenvalue weighted by Crippen LogP contribution is 2.36. The lowest BCUT2D eigenvalue weighted by atomic mass is 9.95. The van der Waals surface area contributed by atoms with Crippen molar-refractivity contribution in [1.82, 2.24) is 0 Å². The summed E-state index contributed by atoms with van der Waals surface area (Å²) in [7, 11) is 0. The summed E-state index contributed by atoms with van der Waals surface area (Å²) in [6, 6.07) is 0. The van der Waals surface area contributed by atoms with Crippen LogP contribution in [0.1, 0.15) is 26.7 Å². The minimum Gasteiger partial charge on any atom is -0.370 e. The highest BCUT2D eigenvalue weighted by atomic mass is 16.5. The standard InChI is InChI=1S/C10H14O2/c1-6-3-4-9-8(7(2)11)5-10(6)12-9/h3,8-10H,4-5H2,1-2H3/t8-,9+,10+/m0/s1. The molecule has 2 rings (SSSR count). The molecule has 0 N–H and O–H groups in total. The molecule has 2 heteroatoms. The number of Topliss-reactive ketones (excluding diaryl/α,β-unsaturated/α-hetero) is 1. The van der Waals surface area contributed by atoms with Crippen LogP contribution in [-0.2, 0) is 9.53 Å². The van der Waals surface area contributed by atoms with Crippen LogP contribution in [0.3, 0.4) is 0 Å². The Balaban J connectivity index is 2.16. The molecule has 1 saturated heterocycles. The van der Waals surface area contributed by atoms with Gasteiger partial charge in [0.1, 0.15) is 5.78 Å². The Kier molecular flexibility index (Phi) is 1.80. The second kappa shape index (κ2) is 2.70. The van der Waals surface area contributed by atoms with E-state index in [0.717, 1.165) is 12.8 Å². The molecule has 2 aliphatic heterocycles. The van der Waals surface area contributed by atoms with Crippen LogP contribution in [0.15, 0.2) is 11.6 Å². The van der Waals surface area contributed by atoms with Crippen molar-refractivity contribution in [3.05, 3.63) is 11.6 Å². The molecule has 66 valence electrons. The zero-order valence-corrected chi connectivity index (χ0v) is 7.54. The molecule has 1 fully saturated rings. The Morgan fingerprint density at radius 3 is 3.00 bits per heavy atom. The topological polar surface area (TPSA) is 26.3 Å². The van der Waals surface area contributed by atoms with Gasteiger partial charge in [-0.15, -0.1) is 0 Å². The Morgan fingerprint density at radius 1 is 1.67 bits per heavy atom. The SMILES string of the molecule is CC(=O)[C@@H]1C[C@H]2O[C@@H]1CC=C2C. The molecule has 2 bridgehead atoms. The summed E-state index contributed by atoms with van der Waals surface area (Å²) in [5.41, 5.74) is 1.30. The van der Waals surface area contributed by atoms with Crippen molar-refractivity contribution in [2.24, 2.45) is 5.92 Å². The smallest absolute Gasteiger partial charge is 0.135 e. The van der Waals surface area contributed by atoms with Gasteiger partial charge in [0, 0.05) is 5.92 Å². The van der Waals surface area contributed by atoms with Crippen LogP contribution in [-0.4, -0.2) is 18.0 Å². The highest BCUT2D eigenvalue weighted by molar-refractivity contribution is 5.79. The van der Waals surface area contributed by atoms with Gasteiger partial charge in [0.05, 0.1) is 12.2 Å². The van der Waals surface area contributed by atoms with E-state index in [1.807, 2.05) is 0 Å². The van der Waals surface area contributed by atoms with E-state index in [2.05, 4.69) is 13.0 Å². The summed E-state index contributed by atoms with van der Waals surface area (Å²) in [6.07, 6.45) is 4.45. The van der Waals surface area contributed by atoms with Crippen LogP contribution in [0.25, 0.3) is 0 Å². The molecular weight excluding hydrogens is 152 g/mol. The molecule has 2 heterocycles. The van der Waals surface area contributed by atoms with Crippen molar-refractivity contribution in [3.8, 4) is 0 Å². The highest BCUT2D eigenvalue weighted by Gasteiger charge is 2.40. The third-order valence-corrected chi connectivity index (χ3v) is 2.96. The monoisotopic (exact) mass is 166 g/mol. The fourth-order valence-corrected chi connectivity index (χ4v) is 2.12. The molecule has 0 unspecified atom stereocenters. The van der Waals surface area contributed by atoms with Gasteiger partial charge in [0.2, 0.25) is 0 Å². The molecule has 0 radical (unpaired) electrons. The molecule has 0 aromatic rings. The molecule has 0 spiro atoms. The second-order valence-electron chi connectivity index (χ2n) is 3.80. The number of ketones is 1. The predicted molar refractivity (Wildman–Crippen MR) is 45.8 cm³/mol. The van der Waals surface area contributed by atoms with E-state index >= 15 is 0 Å². The predicted octanol–water partition coefficient (Wildman–Crippen LogP) is 1.70. The largest absolute Gasteiger partial charge is 0.370 e. The lowest BCUT2D eigenvalue weighted by Crippen LogP contribution is -2.22. The molecule has 0 saturated carbocycles. The quantitative estimate of drug-likeness (QED) is 0.554. The van der Waals surface area contributed by atoms with E-state index in [1.165, 1.54) is 5.57 Å². The Labute approximate surface area is 72.6 Å². The molecule has 3 atom stereocenters. The van der Waals surface area contributed by atoms with E-state index in [-0.39, 0.29) is 23.9 Å². The van der Waals surface area contributed by atoms with Crippen LogP contribution >= 0.6 is 0 Å².